The number of anilines is 2. The molecular weight excluding hydrogens is 244 g/mol. The molecule has 0 saturated carbocycles. The Bertz CT molecular complexity index is 490. The molecule has 0 aliphatic carbocycles. The van der Waals surface area contributed by atoms with Crippen LogP contribution in [-0.4, -0.2) is 7.05 Å². The first kappa shape index (κ1) is 12.8. The maximum absolute atomic E-state index is 6.23. The van der Waals surface area contributed by atoms with Crippen molar-refractivity contribution < 1.29 is 0 Å². The lowest BCUT2D eigenvalue weighted by molar-refractivity contribution is 0.741. The first-order valence-electron chi connectivity index (χ1n) is 5.93. The number of rotatable bonds is 3. The van der Waals surface area contributed by atoms with Crippen LogP contribution in [0.2, 0.25) is 5.02 Å². The first-order valence-corrected chi connectivity index (χ1v) is 6.31. The van der Waals surface area contributed by atoms with Crippen molar-refractivity contribution in [3.8, 4) is 0 Å². The molecule has 94 valence electrons. The summed E-state index contributed by atoms with van der Waals surface area (Å²) in [7, 11) is 2.03. The van der Waals surface area contributed by atoms with E-state index in [4.69, 9.17) is 17.3 Å². The molecule has 2 aromatic carbocycles. The molecule has 2 aromatic rings. The summed E-state index contributed by atoms with van der Waals surface area (Å²) in [6.07, 6.45) is 0. The van der Waals surface area contributed by atoms with Gasteiger partial charge < -0.3 is 10.6 Å². The van der Waals surface area contributed by atoms with E-state index in [-0.39, 0.29) is 6.04 Å². The quantitative estimate of drug-likeness (QED) is 0.841. The predicted octanol–water partition coefficient (Wildman–Crippen LogP) is 4.12. The van der Waals surface area contributed by atoms with Gasteiger partial charge in [0.25, 0.3) is 0 Å². The summed E-state index contributed by atoms with van der Waals surface area (Å²) in [6.45, 7) is 2.12. The van der Waals surface area contributed by atoms with Gasteiger partial charge in [0.1, 0.15) is 0 Å². The monoisotopic (exact) mass is 260 g/mol. The highest BCUT2D eigenvalue weighted by molar-refractivity contribution is 6.31. The van der Waals surface area contributed by atoms with Gasteiger partial charge in [-0.15, -0.1) is 0 Å². The number of hydrogen-bond acceptors (Lipinski definition) is 2. The van der Waals surface area contributed by atoms with Crippen LogP contribution in [0.5, 0.6) is 0 Å². The van der Waals surface area contributed by atoms with Crippen LogP contribution >= 0.6 is 11.6 Å². The Balaban J connectivity index is 2.33. The van der Waals surface area contributed by atoms with Gasteiger partial charge in [-0.1, -0.05) is 41.9 Å². The SMILES string of the molecule is CC(c1ccccc1Cl)N(C)c1ccccc1N. The Labute approximate surface area is 113 Å². The molecule has 0 fully saturated rings. The van der Waals surface area contributed by atoms with Crippen LogP contribution in [0, 0.1) is 0 Å². The molecule has 18 heavy (non-hydrogen) atoms. The van der Waals surface area contributed by atoms with Crippen LogP contribution in [0.25, 0.3) is 0 Å². The van der Waals surface area contributed by atoms with Gasteiger partial charge in [0.2, 0.25) is 0 Å². The molecule has 0 amide bonds. The van der Waals surface area contributed by atoms with E-state index >= 15 is 0 Å². The topological polar surface area (TPSA) is 29.3 Å². The Morgan fingerprint density at radius 2 is 1.67 bits per heavy atom. The minimum atomic E-state index is 0.170. The smallest absolute Gasteiger partial charge is 0.0602 e. The van der Waals surface area contributed by atoms with E-state index in [0.717, 1.165) is 22.0 Å². The van der Waals surface area contributed by atoms with Crippen LogP contribution in [0.4, 0.5) is 11.4 Å². The standard InChI is InChI=1S/C15H17ClN2/c1-11(12-7-3-4-8-13(12)16)18(2)15-10-6-5-9-14(15)17/h3-11H,17H2,1-2H3. The Kier molecular flexibility index (Phi) is 3.78. The lowest BCUT2D eigenvalue weighted by Crippen LogP contribution is -2.22. The maximum Gasteiger partial charge on any atom is 0.0602 e. The fraction of sp³-hybridized carbons (Fsp3) is 0.200. The van der Waals surface area contributed by atoms with E-state index in [1.54, 1.807) is 0 Å². The normalized spacial score (nSPS) is 12.2. The lowest BCUT2D eigenvalue weighted by Gasteiger charge is -2.29. The molecular formula is C15H17ClN2. The molecule has 3 heteroatoms. The third-order valence-electron chi connectivity index (χ3n) is 3.25. The summed E-state index contributed by atoms with van der Waals surface area (Å²) in [5, 5.41) is 0.784. The number of nitrogen functional groups attached to an aromatic ring is 1. The van der Waals surface area contributed by atoms with Crippen molar-refractivity contribution in [3.05, 3.63) is 59.1 Å². The molecule has 0 aliphatic heterocycles. The van der Waals surface area contributed by atoms with Gasteiger partial charge in [-0.05, 0) is 30.7 Å². The number of para-hydroxylation sites is 2. The summed E-state index contributed by atoms with van der Waals surface area (Å²) in [6, 6.07) is 15.9. The fourth-order valence-electron chi connectivity index (χ4n) is 2.04. The minimum Gasteiger partial charge on any atom is -0.397 e. The fourth-order valence-corrected chi connectivity index (χ4v) is 2.33. The van der Waals surface area contributed by atoms with Gasteiger partial charge >= 0.3 is 0 Å². The molecule has 2 N–H and O–H groups in total. The number of nitrogens with zero attached hydrogens (tertiary/aromatic N) is 1. The summed E-state index contributed by atoms with van der Waals surface area (Å²) >= 11 is 6.23. The van der Waals surface area contributed by atoms with Gasteiger partial charge in [0.15, 0.2) is 0 Å². The average molecular weight is 261 g/mol. The zero-order valence-corrected chi connectivity index (χ0v) is 11.4. The molecule has 0 saturated heterocycles. The molecule has 2 nitrogen and oxygen atoms in total. The average Bonchev–Trinajstić information content (AvgIpc) is 2.38. The van der Waals surface area contributed by atoms with Crippen LogP contribution in [0.15, 0.2) is 48.5 Å². The van der Waals surface area contributed by atoms with E-state index in [1.807, 2.05) is 55.6 Å². The molecule has 1 unspecified atom stereocenters. The Morgan fingerprint density at radius 3 is 2.33 bits per heavy atom. The van der Waals surface area contributed by atoms with E-state index in [1.165, 1.54) is 0 Å². The van der Waals surface area contributed by atoms with Crippen molar-refractivity contribution >= 4 is 23.0 Å². The second-order valence-electron chi connectivity index (χ2n) is 4.37. The van der Waals surface area contributed by atoms with Crippen LogP contribution in [-0.2, 0) is 0 Å². The van der Waals surface area contributed by atoms with Crippen molar-refractivity contribution in [1.82, 2.24) is 0 Å². The zero-order chi connectivity index (χ0) is 13.1. The van der Waals surface area contributed by atoms with Gasteiger partial charge in [0, 0.05) is 12.1 Å². The number of benzene rings is 2. The predicted molar refractivity (Wildman–Crippen MR) is 79.1 cm³/mol. The highest BCUT2D eigenvalue weighted by atomic mass is 35.5. The van der Waals surface area contributed by atoms with E-state index in [0.29, 0.717) is 0 Å². The Morgan fingerprint density at radius 1 is 1.06 bits per heavy atom. The molecule has 2 rings (SSSR count). The van der Waals surface area contributed by atoms with Crippen LogP contribution in [0.1, 0.15) is 18.5 Å². The summed E-state index contributed by atoms with van der Waals surface area (Å²) in [4.78, 5) is 2.14. The van der Waals surface area contributed by atoms with Crippen LogP contribution < -0.4 is 10.6 Å². The van der Waals surface area contributed by atoms with Gasteiger partial charge in [-0.2, -0.15) is 0 Å². The second-order valence-corrected chi connectivity index (χ2v) is 4.77. The molecule has 0 heterocycles. The Hall–Kier alpha value is -1.67. The highest BCUT2D eigenvalue weighted by Crippen LogP contribution is 2.32. The molecule has 1 atom stereocenters. The lowest BCUT2D eigenvalue weighted by atomic mass is 10.1. The number of halogens is 1. The maximum atomic E-state index is 6.23. The van der Waals surface area contributed by atoms with E-state index in [9.17, 15) is 0 Å². The van der Waals surface area contributed by atoms with Gasteiger partial charge in [-0.3, -0.25) is 0 Å². The van der Waals surface area contributed by atoms with Crippen molar-refractivity contribution in [2.75, 3.05) is 17.7 Å². The summed E-state index contributed by atoms with van der Waals surface area (Å²) < 4.78 is 0. The molecule has 0 aliphatic rings. The molecule has 0 bridgehead atoms. The van der Waals surface area contributed by atoms with E-state index < -0.39 is 0 Å². The third-order valence-corrected chi connectivity index (χ3v) is 3.60. The van der Waals surface area contributed by atoms with Gasteiger partial charge in [0.05, 0.1) is 17.4 Å². The second kappa shape index (κ2) is 5.32. The summed E-state index contributed by atoms with van der Waals surface area (Å²) in [5.74, 6) is 0. The third kappa shape index (κ3) is 2.44. The molecule has 0 spiro atoms. The van der Waals surface area contributed by atoms with Crippen molar-refractivity contribution in [2.45, 2.75) is 13.0 Å². The molecule has 0 radical (unpaired) electrons. The van der Waals surface area contributed by atoms with E-state index in [2.05, 4.69) is 11.8 Å². The van der Waals surface area contributed by atoms with Crippen molar-refractivity contribution in [1.29, 1.82) is 0 Å². The van der Waals surface area contributed by atoms with Crippen molar-refractivity contribution in [2.24, 2.45) is 0 Å². The summed E-state index contributed by atoms with van der Waals surface area (Å²) in [5.41, 5.74) is 8.90. The number of hydrogen-bond donors (Lipinski definition) is 1. The van der Waals surface area contributed by atoms with Crippen LogP contribution in [0.3, 0.4) is 0 Å². The largest absolute Gasteiger partial charge is 0.397 e. The molecule has 0 aromatic heterocycles. The minimum absolute atomic E-state index is 0.170. The highest BCUT2D eigenvalue weighted by Gasteiger charge is 2.16. The van der Waals surface area contributed by atoms with Crippen molar-refractivity contribution in [3.63, 3.8) is 0 Å². The first-order chi connectivity index (χ1) is 8.61. The zero-order valence-electron chi connectivity index (χ0n) is 10.6. The number of nitrogens with two attached hydrogens (primary N) is 1. The van der Waals surface area contributed by atoms with Gasteiger partial charge in [-0.25, -0.2) is 0 Å².